The number of aliphatic hydroxyl groups is 2. The van der Waals surface area contributed by atoms with Gasteiger partial charge < -0.3 is 10.2 Å². The van der Waals surface area contributed by atoms with Crippen molar-refractivity contribution in [1.82, 2.24) is 0 Å². The summed E-state index contributed by atoms with van der Waals surface area (Å²) in [5.74, 6) is 0. The summed E-state index contributed by atoms with van der Waals surface area (Å²) in [6, 6.07) is 9.95. The third kappa shape index (κ3) is 3.03. The van der Waals surface area contributed by atoms with Crippen molar-refractivity contribution in [2.24, 2.45) is 0 Å². The van der Waals surface area contributed by atoms with E-state index in [1.54, 1.807) is 0 Å². The van der Waals surface area contributed by atoms with Gasteiger partial charge in [-0.3, -0.25) is 0 Å². The van der Waals surface area contributed by atoms with E-state index in [1.165, 1.54) is 5.56 Å². The fourth-order valence-electron chi connectivity index (χ4n) is 1.07. The average Bonchev–Trinajstić information content (AvgIpc) is 2.16. The van der Waals surface area contributed by atoms with Crippen molar-refractivity contribution in [3.8, 4) is 0 Å². The predicted octanol–water partition coefficient (Wildman–Crippen LogP) is 0.972. The normalized spacial score (nSPS) is 12.8. The average molecular weight is 166 g/mol. The van der Waals surface area contributed by atoms with Gasteiger partial charge in [-0.1, -0.05) is 30.3 Å². The highest BCUT2D eigenvalue weighted by molar-refractivity contribution is 5.14. The van der Waals surface area contributed by atoms with Crippen molar-refractivity contribution < 1.29 is 10.2 Å². The van der Waals surface area contributed by atoms with Gasteiger partial charge in [-0.15, -0.1) is 0 Å². The Morgan fingerprint density at radius 2 is 1.83 bits per heavy atom. The Kier molecular flexibility index (Phi) is 3.77. The van der Waals surface area contributed by atoms with Gasteiger partial charge in [0.1, 0.15) is 0 Å². The SMILES string of the molecule is OC[C@H](O)CCc1ccccc1. The summed E-state index contributed by atoms with van der Waals surface area (Å²) >= 11 is 0. The molecule has 1 rings (SSSR count). The van der Waals surface area contributed by atoms with Crippen LogP contribution in [-0.2, 0) is 6.42 Å². The van der Waals surface area contributed by atoms with Gasteiger partial charge in [-0.05, 0) is 18.4 Å². The molecule has 2 heteroatoms. The van der Waals surface area contributed by atoms with Crippen LogP contribution in [0, 0.1) is 0 Å². The summed E-state index contributed by atoms with van der Waals surface area (Å²) in [4.78, 5) is 0. The van der Waals surface area contributed by atoms with Crippen LogP contribution in [0.25, 0.3) is 0 Å². The van der Waals surface area contributed by atoms with Gasteiger partial charge in [0.2, 0.25) is 0 Å². The third-order valence-electron chi connectivity index (χ3n) is 1.82. The van der Waals surface area contributed by atoms with E-state index in [9.17, 15) is 0 Å². The third-order valence-corrected chi connectivity index (χ3v) is 1.82. The number of aliphatic hydroxyl groups excluding tert-OH is 2. The molecule has 12 heavy (non-hydrogen) atoms. The molecule has 1 atom stereocenters. The summed E-state index contributed by atoms with van der Waals surface area (Å²) in [7, 11) is 0. The second-order valence-corrected chi connectivity index (χ2v) is 2.86. The van der Waals surface area contributed by atoms with Crippen molar-refractivity contribution in [1.29, 1.82) is 0 Å². The molecule has 0 spiro atoms. The van der Waals surface area contributed by atoms with Crippen LogP contribution in [0.4, 0.5) is 0 Å². The minimum Gasteiger partial charge on any atom is -0.394 e. The fourth-order valence-corrected chi connectivity index (χ4v) is 1.07. The quantitative estimate of drug-likeness (QED) is 0.699. The summed E-state index contributed by atoms with van der Waals surface area (Å²) in [6.45, 7) is -0.146. The second-order valence-electron chi connectivity index (χ2n) is 2.86. The van der Waals surface area contributed by atoms with Crippen molar-refractivity contribution in [2.45, 2.75) is 18.9 Å². The number of hydrogen-bond donors (Lipinski definition) is 2. The van der Waals surface area contributed by atoms with Gasteiger partial charge in [-0.25, -0.2) is 0 Å². The highest BCUT2D eigenvalue weighted by Crippen LogP contribution is 2.04. The molecule has 0 aliphatic carbocycles. The van der Waals surface area contributed by atoms with E-state index >= 15 is 0 Å². The molecule has 0 aliphatic rings. The van der Waals surface area contributed by atoms with Crippen molar-refractivity contribution in [3.05, 3.63) is 35.9 Å². The van der Waals surface area contributed by atoms with Crippen LogP contribution >= 0.6 is 0 Å². The maximum Gasteiger partial charge on any atom is 0.0774 e. The smallest absolute Gasteiger partial charge is 0.0774 e. The lowest BCUT2D eigenvalue weighted by Crippen LogP contribution is -2.12. The Balaban J connectivity index is 2.33. The molecule has 0 radical (unpaired) electrons. The van der Waals surface area contributed by atoms with E-state index < -0.39 is 6.10 Å². The first-order valence-corrected chi connectivity index (χ1v) is 4.16. The molecule has 0 amide bonds. The van der Waals surface area contributed by atoms with Crippen LogP contribution in [-0.4, -0.2) is 22.9 Å². The number of rotatable bonds is 4. The first-order valence-electron chi connectivity index (χ1n) is 4.16. The van der Waals surface area contributed by atoms with E-state index in [4.69, 9.17) is 10.2 Å². The molecular weight excluding hydrogens is 152 g/mol. The van der Waals surface area contributed by atoms with Crippen LogP contribution in [0.15, 0.2) is 30.3 Å². The zero-order valence-corrected chi connectivity index (χ0v) is 6.98. The molecule has 1 aromatic carbocycles. The Labute approximate surface area is 72.5 Å². The minimum atomic E-state index is -0.579. The number of aryl methyl sites for hydroxylation is 1. The second kappa shape index (κ2) is 4.91. The predicted molar refractivity (Wildman–Crippen MR) is 47.9 cm³/mol. The highest BCUT2D eigenvalue weighted by Gasteiger charge is 2.01. The van der Waals surface area contributed by atoms with Gasteiger partial charge in [0, 0.05) is 0 Å². The molecule has 1 aromatic rings. The van der Waals surface area contributed by atoms with E-state index in [0.717, 1.165) is 6.42 Å². The molecule has 0 unspecified atom stereocenters. The van der Waals surface area contributed by atoms with Crippen LogP contribution in [0.2, 0.25) is 0 Å². The Bertz CT molecular complexity index is 208. The molecular formula is C10H14O2. The lowest BCUT2D eigenvalue weighted by molar-refractivity contribution is 0.0886. The number of benzene rings is 1. The van der Waals surface area contributed by atoms with Gasteiger partial charge in [0.15, 0.2) is 0 Å². The lowest BCUT2D eigenvalue weighted by atomic mass is 10.1. The molecule has 66 valence electrons. The van der Waals surface area contributed by atoms with Gasteiger partial charge >= 0.3 is 0 Å². The Morgan fingerprint density at radius 1 is 1.17 bits per heavy atom. The van der Waals surface area contributed by atoms with Crippen LogP contribution in [0.3, 0.4) is 0 Å². The van der Waals surface area contributed by atoms with Crippen molar-refractivity contribution >= 4 is 0 Å². The van der Waals surface area contributed by atoms with E-state index in [0.29, 0.717) is 6.42 Å². The van der Waals surface area contributed by atoms with Crippen molar-refractivity contribution in [2.75, 3.05) is 6.61 Å². The monoisotopic (exact) mass is 166 g/mol. The minimum absolute atomic E-state index is 0.146. The van der Waals surface area contributed by atoms with E-state index in [2.05, 4.69) is 0 Å². The van der Waals surface area contributed by atoms with E-state index in [1.807, 2.05) is 30.3 Å². The fraction of sp³-hybridized carbons (Fsp3) is 0.400. The van der Waals surface area contributed by atoms with Crippen LogP contribution < -0.4 is 0 Å². The molecule has 0 aromatic heterocycles. The van der Waals surface area contributed by atoms with Crippen LogP contribution in [0.1, 0.15) is 12.0 Å². The lowest BCUT2D eigenvalue weighted by Gasteiger charge is -2.05. The van der Waals surface area contributed by atoms with Gasteiger partial charge in [0.05, 0.1) is 12.7 Å². The zero-order chi connectivity index (χ0) is 8.81. The first-order chi connectivity index (χ1) is 5.83. The highest BCUT2D eigenvalue weighted by atomic mass is 16.3. The summed E-state index contributed by atoms with van der Waals surface area (Å²) in [5.41, 5.74) is 1.20. The first kappa shape index (κ1) is 9.23. The molecule has 0 saturated heterocycles. The number of hydrogen-bond acceptors (Lipinski definition) is 2. The maximum atomic E-state index is 9.07. The topological polar surface area (TPSA) is 40.5 Å². The summed E-state index contributed by atoms with van der Waals surface area (Å²) in [5, 5.41) is 17.6. The van der Waals surface area contributed by atoms with Crippen molar-refractivity contribution in [3.63, 3.8) is 0 Å². The Hall–Kier alpha value is -0.860. The molecule has 2 N–H and O–H groups in total. The maximum absolute atomic E-state index is 9.07. The molecule has 0 aliphatic heterocycles. The van der Waals surface area contributed by atoms with Crippen LogP contribution in [0.5, 0.6) is 0 Å². The largest absolute Gasteiger partial charge is 0.394 e. The molecule has 0 fully saturated rings. The summed E-state index contributed by atoms with van der Waals surface area (Å²) in [6.07, 6.45) is 0.869. The van der Waals surface area contributed by atoms with E-state index in [-0.39, 0.29) is 6.61 Å². The standard InChI is InChI=1S/C10H14O2/c11-8-10(12)7-6-9-4-2-1-3-5-9/h1-5,10-12H,6-8H2/t10-/m1/s1. The van der Waals surface area contributed by atoms with Gasteiger partial charge in [0.25, 0.3) is 0 Å². The molecule has 0 heterocycles. The molecule has 0 saturated carbocycles. The summed E-state index contributed by atoms with van der Waals surface area (Å²) < 4.78 is 0. The molecule has 0 bridgehead atoms. The zero-order valence-electron chi connectivity index (χ0n) is 6.98. The Morgan fingerprint density at radius 3 is 2.42 bits per heavy atom. The molecule has 2 nitrogen and oxygen atoms in total. The van der Waals surface area contributed by atoms with Gasteiger partial charge in [-0.2, -0.15) is 0 Å².